The average molecular weight is 313 g/mol. The zero-order valence-electron chi connectivity index (χ0n) is 14.6. The van der Waals surface area contributed by atoms with Crippen LogP contribution in [0.3, 0.4) is 0 Å². The summed E-state index contributed by atoms with van der Waals surface area (Å²) < 4.78 is 5.40. The summed E-state index contributed by atoms with van der Waals surface area (Å²) in [7, 11) is 0. The second-order valence-electron chi connectivity index (χ2n) is 6.95. The van der Waals surface area contributed by atoms with Crippen LogP contribution in [-0.2, 0) is 4.74 Å². The molecule has 6 heteroatoms. The van der Waals surface area contributed by atoms with Gasteiger partial charge in [0, 0.05) is 18.5 Å². The molecule has 0 aromatic heterocycles. The lowest BCUT2D eigenvalue weighted by Crippen LogP contribution is -2.49. The van der Waals surface area contributed by atoms with E-state index in [2.05, 4.69) is 24.2 Å². The van der Waals surface area contributed by atoms with E-state index >= 15 is 0 Å². The second kappa shape index (κ2) is 7.81. The first kappa shape index (κ1) is 18.7. The summed E-state index contributed by atoms with van der Waals surface area (Å²) in [6.45, 7) is 12.1. The zero-order valence-corrected chi connectivity index (χ0v) is 14.6. The van der Waals surface area contributed by atoms with E-state index in [1.807, 2.05) is 20.8 Å². The van der Waals surface area contributed by atoms with Gasteiger partial charge in [-0.05, 0) is 33.6 Å². The fourth-order valence-electron chi connectivity index (χ4n) is 2.28. The number of carbonyl (C=O) groups is 1. The van der Waals surface area contributed by atoms with Crippen LogP contribution in [0, 0.1) is 5.41 Å². The monoisotopic (exact) mass is 313 g/mol. The number of aliphatic hydroxyl groups excluding tert-OH is 1. The Labute approximate surface area is 133 Å². The van der Waals surface area contributed by atoms with E-state index in [4.69, 9.17) is 4.74 Å². The predicted molar refractivity (Wildman–Crippen MR) is 88.2 cm³/mol. The molecule has 1 rings (SSSR count). The minimum atomic E-state index is -0.490. The van der Waals surface area contributed by atoms with Crippen molar-refractivity contribution in [3.05, 3.63) is 0 Å². The van der Waals surface area contributed by atoms with E-state index < -0.39 is 5.60 Å². The van der Waals surface area contributed by atoms with Crippen LogP contribution in [0.5, 0.6) is 0 Å². The molecule has 0 atom stereocenters. The lowest BCUT2D eigenvalue weighted by molar-refractivity contribution is 0.0275. The third-order valence-corrected chi connectivity index (χ3v) is 4.17. The fraction of sp³-hybridized carbons (Fsp3) is 0.875. The topological polar surface area (TPSA) is 74.2 Å². The molecule has 1 heterocycles. The number of hydrogen-bond acceptors (Lipinski definition) is 5. The largest absolute Gasteiger partial charge is 0.444 e. The number of carbonyl (C=O) groups excluding carboxylic acids is 1. The Hall–Kier alpha value is -1.30. The molecule has 0 saturated heterocycles. The van der Waals surface area contributed by atoms with Gasteiger partial charge in [0.05, 0.1) is 19.7 Å². The van der Waals surface area contributed by atoms with Gasteiger partial charge in [-0.1, -0.05) is 13.8 Å². The standard InChI is InChI=1S/C16H31N3O3/c1-6-16(7-2,12-20)11-18-13-10-19(9-8-17-13)14(21)22-15(3,4)5/h20H,6-12H2,1-5H3,(H,17,18). The van der Waals surface area contributed by atoms with Crippen LogP contribution < -0.4 is 5.32 Å². The highest BCUT2D eigenvalue weighted by Crippen LogP contribution is 2.24. The SMILES string of the molecule is CCC(CC)(CO)CNC1=NCCN(C(=O)OC(C)(C)C)C1. The van der Waals surface area contributed by atoms with Crippen molar-refractivity contribution in [1.82, 2.24) is 10.2 Å². The molecular formula is C16H31N3O3. The first-order valence-corrected chi connectivity index (χ1v) is 8.11. The summed E-state index contributed by atoms with van der Waals surface area (Å²) in [5.41, 5.74) is -0.619. The van der Waals surface area contributed by atoms with Gasteiger partial charge in [0.25, 0.3) is 0 Å². The average Bonchev–Trinajstić information content (AvgIpc) is 2.48. The Bertz CT molecular complexity index is 390. The number of rotatable bonds is 5. The van der Waals surface area contributed by atoms with E-state index in [0.717, 1.165) is 18.7 Å². The number of ether oxygens (including phenoxy) is 1. The predicted octanol–water partition coefficient (Wildman–Crippen LogP) is 2.02. The van der Waals surface area contributed by atoms with Crippen molar-refractivity contribution in [1.29, 1.82) is 0 Å². The first-order chi connectivity index (χ1) is 10.2. The second-order valence-corrected chi connectivity index (χ2v) is 6.95. The van der Waals surface area contributed by atoms with Gasteiger partial charge in [0.2, 0.25) is 0 Å². The molecule has 6 nitrogen and oxygen atoms in total. The van der Waals surface area contributed by atoms with Crippen LogP contribution >= 0.6 is 0 Å². The number of aliphatic hydroxyl groups is 1. The molecule has 2 N–H and O–H groups in total. The lowest BCUT2D eigenvalue weighted by atomic mass is 9.83. The maximum atomic E-state index is 12.1. The molecule has 0 aliphatic carbocycles. The maximum Gasteiger partial charge on any atom is 0.410 e. The highest BCUT2D eigenvalue weighted by molar-refractivity contribution is 5.87. The Morgan fingerprint density at radius 3 is 2.50 bits per heavy atom. The van der Waals surface area contributed by atoms with Gasteiger partial charge in [0.1, 0.15) is 11.4 Å². The molecule has 128 valence electrons. The number of aliphatic imine (C=N–C) groups is 1. The van der Waals surface area contributed by atoms with Crippen molar-refractivity contribution in [2.75, 3.05) is 32.8 Å². The number of hydrogen-bond donors (Lipinski definition) is 2. The van der Waals surface area contributed by atoms with Crippen molar-refractivity contribution in [2.24, 2.45) is 10.4 Å². The number of nitrogens with zero attached hydrogens (tertiary/aromatic N) is 2. The van der Waals surface area contributed by atoms with E-state index in [9.17, 15) is 9.90 Å². The van der Waals surface area contributed by atoms with Gasteiger partial charge in [-0.15, -0.1) is 0 Å². The summed E-state index contributed by atoms with van der Waals surface area (Å²) in [5.74, 6) is 0.789. The molecule has 0 aromatic rings. The molecular weight excluding hydrogens is 282 g/mol. The summed E-state index contributed by atoms with van der Waals surface area (Å²) in [6.07, 6.45) is 1.49. The summed E-state index contributed by atoms with van der Waals surface area (Å²) >= 11 is 0. The minimum Gasteiger partial charge on any atom is -0.444 e. The van der Waals surface area contributed by atoms with Gasteiger partial charge in [0.15, 0.2) is 0 Å². The number of amides is 1. The highest BCUT2D eigenvalue weighted by atomic mass is 16.6. The highest BCUT2D eigenvalue weighted by Gasteiger charge is 2.28. The molecule has 0 bridgehead atoms. The van der Waals surface area contributed by atoms with E-state index in [0.29, 0.717) is 26.2 Å². The Balaban J connectivity index is 2.57. The lowest BCUT2D eigenvalue weighted by Gasteiger charge is -2.33. The molecule has 0 saturated carbocycles. The molecule has 22 heavy (non-hydrogen) atoms. The third kappa shape index (κ3) is 5.48. The summed E-state index contributed by atoms with van der Waals surface area (Å²) in [6, 6.07) is 0. The van der Waals surface area contributed by atoms with Crippen molar-refractivity contribution < 1.29 is 14.6 Å². The van der Waals surface area contributed by atoms with Crippen molar-refractivity contribution in [3.63, 3.8) is 0 Å². The van der Waals surface area contributed by atoms with Gasteiger partial charge >= 0.3 is 6.09 Å². The first-order valence-electron chi connectivity index (χ1n) is 8.11. The molecule has 0 fully saturated rings. The van der Waals surface area contributed by atoms with Gasteiger partial charge in [-0.3, -0.25) is 9.89 Å². The third-order valence-electron chi connectivity index (χ3n) is 4.17. The van der Waals surface area contributed by atoms with E-state index in [-0.39, 0.29) is 18.1 Å². The van der Waals surface area contributed by atoms with Crippen LogP contribution in [0.2, 0.25) is 0 Å². The van der Waals surface area contributed by atoms with Gasteiger partial charge in [-0.25, -0.2) is 4.79 Å². The molecule has 1 aliphatic rings. The van der Waals surface area contributed by atoms with Crippen LogP contribution in [-0.4, -0.2) is 60.3 Å². The number of nitrogens with one attached hydrogen (secondary N) is 1. The Morgan fingerprint density at radius 1 is 1.36 bits per heavy atom. The van der Waals surface area contributed by atoms with E-state index in [1.165, 1.54) is 0 Å². The van der Waals surface area contributed by atoms with E-state index in [1.54, 1.807) is 4.90 Å². The maximum absolute atomic E-state index is 12.1. The smallest absolute Gasteiger partial charge is 0.410 e. The Morgan fingerprint density at radius 2 is 2.00 bits per heavy atom. The zero-order chi connectivity index (χ0) is 16.8. The minimum absolute atomic E-state index is 0.128. The molecule has 0 aromatic carbocycles. The molecule has 1 amide bonds. The quantitative estimate of drug-likeness (QED) is 0.814. The van der Waals surface area contributed by atoms with Gasteiger partial charge < -0.3 is 15.2 Å². The van der Waals surface area contributed by atoms with Crippen LogP contribution in [0.4, 0.5) is 4.79 Å². The molecule has 0 unspecified atom stereocenters. The summed E-state index contributed by atoms with van der Waals surface area (Å²) in [5, 5.41) is 12.9. The van der Waals surface area contributed by atoms with Crippen molar-refractivity contribution >= 4 is 11.9 Å². The Kier molecular flexibility index (Phi) is 6.66. The fourth-order valence-corrected chi connectivity index (χ4v) is 2.28. The van der Waals surface area contributed by atoms with Crippen molar-refractivity contribution in [3.8, 4) is 0 Å². The van der Waals surface area contributed by atoms with Crippen LogP contribution in [0.1, 0.15) is 47.5 Å². The van der Waals surface area contributed by atoms with Crippen LogP contribution in [0.25, 0.3) is 0 Å². The normalized spacial score (nSPS) is 16.3. The van der Waals surface area contributed by atoms with Gasteiger partial charge in [-0.2, -0.15) is 0 Å². The van der Waals surface area contributed by atoms with Crippen molar-refractivity contribution in [2.45, 2.75) is 53.1 Å². The molecule has 1 aliphatic heterocycles. The van der Waals surface area contributed by atoms with Crippen LogP contribution in [0.15, 0.2) is 4.99 Å². The summed E-state index contributed by atoms with van der Waals surface area (Å²) in [4.78, 5) is 18.2. The molecule has 0 radical (unpaired) electrons. The molecule has 0 spiro atoms. The number of amidine groups is 1.